The van der Waals surface area contributed by atoms with Crippen molar-refractivity contribution < 1.29 is 9.13 Å². The molecule has 1 aromatic carbocycles. The normalized spacial score (nSPS) is 10.8. The van der Waals surface area contributed by atoms with E-state index in [4.69, 9.17) is 4.74 Å². The first-order valence-corrected chi connectivity index (χ1v) is 7.04. The van der Waals surface area contributed by atoms with Gasteiger partial charge in [-0.3, -0.25) is 5.10 Å². The largest absolute Gasteiger partial charge is 0.438 e. The van der Waals surface area contributed by atoms with Crippen LogP contribution in [0.4, 0.5) is 10.3 Å². The first-order valence-electron chi connectivity index (χ1n) is 6.24. The van der Waals surface area contributed by atoms with Gasteiger partial charge in [-0.1, -0.05) is 15.9 Å². The maximum Gasteiger partial charge on any atom is 0.235 e. The summed E-state index contributed by atoms with van der Waals surface area (Å²) in [4.78, 5) is 8.53. The highest BCUT2D eigenvalue weighted by atomic mass is 79.9. The van der Waals surface area contributed by atoms with Gasteiger partial charge < -0.3 is 10.1 Å². The molecule has 0 fully saturated rings. The zero-order valence-electron chi connectivity index (χ0n) is 11.0. The third-order valence-electron chi connectivity index (χ3n) is 2.66. The number of aromatic amines is 1. The van der Waals surface area contributed by atoms with Gasteiger partial charge in [-0.25, -0.2) is 4.39 Å². The van der Waals surface area contributed by atoms with Crippen LogP contribution in [0.2, 0.25) is 0 Å². The Balaban J connectivity index is 2.04. The van der Waals surface area contributed by atoms with Crippen molar-refractivity contribution in [3.05, 3.63) is 34.7 Å². The zero-order valence-corrected chi connectivity index (χ0v) is 12.6. The van der Waals surface area contributed by atoms with Gasteiger partial charge in [-0.05, 0) is 19.1 Å². The van der Waals surface area contributed by atoms with Crippen LogP contribution < -0.4 is 10.1 Å². The molecule has 108 valence electrons. The Bertz CT molecular complexity index is 771. The maximum atomic E-state index is 13.4. The number of hydrogen-bond donors (Lipinski definition) is 2. The Morgan fingerprint density at radius 3 is 2.95 bits per heavy atom. The van der Waals surface area contributed by atoms with Crippen molar-refractivity contribution in [3.63, 3.8) is 0 Å². The Kier molecular flexibility index (Phi) is 3.70. The number of nitrogens with zero attached hydrogens (tertiary/aromatic N) is 3. The first kappa shape index (κ1) is 13.7. The lowest BCUT2D eigenvalue weighted by atomic mass is 10.3. The van der Waals surface area contributed by atoms with Gasteiger partial charge in [0.2, 0.25) is 11.8 Å². The van der Waals surface area contributed by atoms with E-state index >= 15 is 0 Å². The molecule has 0 saturated heterocycles. The Labute approximate surface area is 127 Å². The van der Waals surface area contributed by atoms with Crippen LogP contribution in [0, 0.1) is 5.82 Å². The quantitative estimate of drug-likeness (QED) is 0.752. The van der Waals surface area contributed by atoms with Crippen molar-refractivity contribution >= 4 is 32.9 Å². The number of hydrogen-bond acceptors (Lipinski definition) is 5. The molecule has 8 heteroatoms. The van der Waals surface area contributed by atoms with Crippen LogP contribution in [0.25, 0.3) is 11.0 Å². The number of nitrogens with one attached hydrogen (secondary N) is 2. The third-order valence-corrected chi connectivity index (χ3v) is 3.12. The van der Waals surface area contributed by atoms with E-state index in [1.807, 2.05) is 6.92 Å². The molecule has 0 aliphatic rings. The van der Waals surface area contributed by atoms with E-state index in [-0.39, 0.29) is 0 Å². The van der Waals surface area contributed by atoms with Gasteiger partial charge in [0, 0.05) is 17.1 Å². The Morgan fingerprint density at radius 2 is 2.19 bits per heavy atom. The lowest BCUT2D eigenvalue weighted by molar-refractivity contribution is 0.463. The van der Waals surface area contributed by atoms with Crippen molar-refractivity contribution in [2.24, 2.45) is 0 Å². The van der Waals surface area contributed by atoms with Crippen LogP contribution >= 0.6 is 15.9 Å². The molecule has 2 N–H and O–H groups in total. The van der Waals surface area contributed by atoms with Crippen LogP contribution in [-0.2, 0) is 0 Å². The molecule has 3 rings (SSSR count). The molecule has 0 saturated carbocycles. The van der Waals surface area contributed by atoms with Crippen molar-refractivity contribution in [2.75, 3.05) is 11.9 Å². The third kappa shape index (κ3) is 2.94. The van der Waals surface area contributed by atoms with Crippen molar-refractivity contribution in [1.82, 2.24) is 20.2 Å². The van der Waals surface area contributed by atoms with Gasteiger partial charge in [0.1, 0.15) is 17.0 Å². The number of H-pyrrole nitrogens is 1. The smallest absolute Gasteiger partial charge is 0.235 e. The average molecular weight is 352 g/mol. The summed E-state index contributed by atoms with van der Waals surface area (Å²) >= 11 is 3.22. The number of aromatic nitrogens is 4. The SMILES string of the molecule is CCNc1nc(Oc2cc(F)cc(Br)c2)c2cn[nH]c2n1. The minimum absolute atomic E-state index is 0.308. The van der Waals surface area contributed by atoms with E-state index in [1.54, 1.807) is 12.3 Å². The van der Waals surface area contributed by atoms with Crippen LogP contribution in [0.3, 0.4) is 0 Å². The minimum Gasteiger partial charge on any atom is -0.438 e. The standard InChI is InChI=1S/C13H11BrFN5O/c1-2-16-13-18-11-10(6-17-20-11)12(19-13)21-9-4-7(14)3-8(15)5-9/h3-6H,2H2,1H3,(H2,16,17,18,19,20). The lowest BCUT2D eigenvalue weighted by Gasteiger charge is -2.08. The van der Waals surface area contributed by atoms with E-state index < -0.39 is 5.82 Å². The predicted octanol–water partition coefficient (Wildman–Crippen LogP) is 3.48. The molecule has 0 aliphatic carbocycles. The number of ether oxygens (including phenoxy) is 1. The molecule has 0 amide bonds. The van der Waals surface area contributed by atoms with Crippen molar-refractivity contribution in [3.8, 4) is 11.6 Å². The summed E-state index contributed by atoms with van der Waals surface area (Å²) in [6, 6.07) is 4.29. The minimum atomic E-state index is -0.399. The summed E-state index contributed by atoms with van der Waals surface area (Å²) < 4.78 is 19.7. The van der Waals surface area contributed by atoms with Gasteiger partial charge in [0.05, 0.1) is 6.20 Å². The molecule has 3 aromatic rings. The van der Waals surface area contributed by atoms with Gasteiger partial charge >= 0.3 is 0 Å². The lowest BCUT2D eigenvalue weighted by Crippen LogP contribution is -2.03. The molecule has 0 unspecified atom stereocenters. The highest BCUT2D eigenvalue weighted by Gasteiger charge is 2.12. The molecule has 6 nitrogen and oxygen atoms in total. The molecule has 0 spiro atoms. The number of benzene rings is 1. The summed E-state index contributed by atoms with van der Waals surface area (Å²) in [7, 11) is 0. The van der Waals surface area contributed by atoms with E-state index in [0.29, 0.717) is 39.6 Å². The van der Waals surface area contributed by atoms with Crippen molar-refractivity contribution in [2.45, 2.75) is 6.92 Å². The number of rotatable bonds is 4. The fourth-order valence-corrected chi connectivity index (χ4v) is 2.27. The number of anilines is 1. The molecule has 0 atom stereocenters. The summed E-state index contributed by atoms with van der Waals surface area (Å²) in [5, 5.41) is 10.3. The molecule has 0 aliphatic heterocycles. The molecule has 2 aromatic heterocycles. The van der Waals surface area contributed by atoms with E-state index in [1.165, 1.54) is 12.1 Å². The van der Waals surface area contributed by atoms with Gasteiger partial charge in [-0.15, -0.1) is 0 Å². The van der Waals surface area contributed by atoms with Crippen LogP contribution in [0.1, 0.15) is 6.92 Å². The number of halogens is 2. The molecular weight excluding hydrogens is 341 g/mol. The second-order valence-corrected chi connectivity index (χ2v) is 5.14. The van der Waals surface area contributed by atoms with Gasteiger partial charge in [0.25, 0.3) is 0 Å². The summed E-state index contributed by atoms with van der Waals surface area (Å²) in [6.45, 7) is 2.61. The van der Waals surface area contributed by atoms with Gasteiger partial charge in [-0.2, -0.15) is 15.1 Å². The second kappa shape index (κ2) is 5.65. The molecule has 0 bridgehead atoms. The Morgan fingerprint density at radius 1 is 1.33 bits per heavy atom. The fourth-order valence-electron chi connectivity index (χ4n) is 1.82. The highest BCUT2D eigenvalue weighted by molar-refractivity contribution is 9.10. The summed E-state index contributed by atoms with van der Waals surface area (Å²) in [5.74, 6) is 0.663. The van der Waals surface area contributed by atoms with E-state index in [0.717, 1.165) is 0 Å². The van der Waals surface area contributed by atoms with Crippen LogP contribution in [0.15, 0.2) is 28.9 Å². The molecule has 0 radical (unpaired) electrons. The highest BCUT2D eigenvalue weighted by Crippen LogP contribution is 2.29. The molecular formula is C13H11BrFN5O. The van der Waals surface area contributed by atoms with Crippen molar-refractivity contribution in [1.29, 1.82) is 0 Å². The first-order chi connectivity index (χ1) is 10.2. The molecule has 21 heavy (non-hydrogen) atoms. The maximum absolute atomic E-state index is 13.4. The van der Waals surface area contributed by atoms with Crippen LogP contribution in [-0.4, -0.2) is 26.7 Å². The summed E-state index contributed by atoms with van der Waals surface area (Å²) in [6.07, 6.45) is 1.56. The van der Waals surface area contributed by atoms with E-state index in [9.17, 15) is 4.39 Å². The average Bonchev–Trinajstić information content (AvgIpc) is 2.86. The van der Waals surface area contributed by atoms with Gasteiger partial charge in [0.15, 0.2) is 5.65 Å². The summed E-state index contributed by atoms with van der Waals surface area (Å²) in [5.41, 5.74) is 0.548. The Hall–Kier alpha value is -2.22. The second-order valence-electron chi connectivity index (χ2n) is 4.22. The van der Waals surface area contributed by atoms with Crippen LogP contribution in [0.5, 0.6) is 11.6 Å². The fraction of sp³-hybridized carbons (Fsp3) is 0.154. The number of fused-ring (bicyclic) bond motifs is 1. The predicted molar refractivity (Wildman–Crippen MR) is 80.0 cm³/mol. The monoisotopic (exact) mass is 351 g/mol. The van der Waals surface area contributed by atoms with E-state index in [2.05, 4.69) is 41.4 Å². The molecule has 2 heterocycles. The zero-order chi connectivity index (χ0) is 14.8. The topological polar surface area (TPSA) is 75.7 Å².